The predicted octanol–water partition coefficient (Wildman–Crippen LogP) is -1.85. The molecule has 88 valence electrons. The summed E-state index contributed by atoms with van der Waals surface area (Å²) >= 11 is 0. The van der Waals surface area contributed by atoms with E-state index in [-0.39, 0.29) is 24.0 Å². The lowest BCUT2D eigenvalue weighted by Crippen LogP contribution is -2.59. The van der Waals surface area contributed by atoms with E-state index in [0.717, 1.165) is 0 Å². The molecule has 2 aliphatic rings. The van der Waals surface area contributed by atoms with Crippen LogP contribution in [0.25, 0.3) is 0 Å². The Morgan fingerprint density at radius 2 is 1.87 bits per heavy atom. The number of nitrogens with zero attached hydrogens (tertiary/aromatic N) is 1. The van der Waals surface area contributed by atoms with E-state index in [1.807, 2.05) is 0 Å². The molecule has 0 aliphatic carbocycles. The summed E-state index contributed by atoms with van der Waals surface area (Å²) in [6.45, 7) is 0.637. The molecule has 0 aromatic rings. The second kappa shape index (κ2) is 3.41. The smallest absolute Gasteiger partial charge is 0.218 e. The van der Waals surface area contributed by atoms with Gasteiger partial charge in [-0.1, -0.05) is 0 Å². The lowest BCUT2D eigenvalue weighted by molar-refractivity contribution is 0.263. The fourth-order valence-corrected chi connectivity index (χ4v) is 6.52. The van der Waals surface area contributed by atoms with E-state index < -0.39 is 25.1 Å². The molecular formula is C7H14N2O4S2. The molecule has 6 nitrogen and oxygen atoms in total. The highest BCUT2D eigenvalue weighted by molar-refractivity contribution is 7.95. The fraction of sp³-hybridized carbons (Fsp3) is 1.00. The maximum Gasteiger partial charge on any atom is 0.218 e. The van der Waals surface area contributed by atoms with Crippen molar-refractivity contribution in [2.24, 2.45) is 5.73 Å². The average molecular weight is 254 g/mol. The molecule has 8 heteroatoms. The van der Waals surface area contributed by atoms with Crippen LogP contribution >= 0.6 is 0 Å². The molecule has 2 rings (SSSR count). The zero-order chi connectivity index (χ0) is 11.3. The first kappa shape index (κ1) is 11.3. The molecule has 0 amide bonds. The lowest BCUT2D eigenvalue weighted by Gasteiger charge is -2.37. The van der Waals surface area contributed by atoms with E-state index in [4.69, 9.17) is 5.73 Å². The summed E-state index contributed by atoms with van der Waals surface area (Å²) in [4.78, 5) is 0. The van der Waals surface area contributed by atoms with Crippen LogP contribution in [0.15, 0.2) is 0 Å². The molecule has 2 aliphatic heterocycles. The van der Waals surface area contributed by atoms with E-state index in [0.29, 0.717) is 13.1 Å². The minimum Gasteiger partial charge on any atom is -0.325 e. The maximum absolute atomic E-state index is 11.9. The van der Waals surface area contributed by atoms with Crippen molar-refractivity contribution < 1.29 is 16.8 Å². The van der Waals surface area contributed by atoms with Gasteiger partial charge in [-0.3, -0.25) is 0 Å². The minimum absolute atomic E-state index is 0.0171. The molecule has 2 fully saturated rings. The summed E-state index contributed by atoms with van der Waals surface area (Å²) in [5.74, 6) is -0.252. The Morgan fingerprint density at radius 1 is 1.27 bits per heavy atom. The van der Waals surface area contributed by atoms with Crippen molar-refractivity contribution in [3.05, 3.63) is 0 Å². The summed E-state index contributed by atoms with van der Waals surface area (Å²) in [5, 5.41) is -0.755. The van der Waals surface area contributed by atoms with Gasteiger partial charge >= 0.3 is 0 Å². The Balaban J connectivity index is 2.11. The molecule has 0 bridgehead atoms. The van der Waals surface area contributed by atoms with Gasteiger partial charge in [0.15, 0.2) is 9.84 Å². The van der Waals surface area contributed by atoms with Gasteiger partial charge in [-0.15, -0.1) is 0 Å². The van der Waals surface area contributed by atoms with Crippen LogP contribution in [0.4, 0.5) is 0 Å². The highest BCUT2D eigenvalue weighted by atomic mass is 32.2. The Bertz CT molecular complexity index is 449. The monoisotopic (exact) mass is 254 g/mol. The predicted molar refractivity (Wildman–Crippen MR) is 55.5 cm³/mol. The van der Waals surface area contributed by atoms with E-state index in [2.05, 4.69) is 0 Å². The van der Waals surface area contributed by atoms with Crippen molar-refractivity contribution in [2.75, 3.05) is 24.6 Å². The fourth-order valence-electron chi connectivity index (χ4n) is 1.88. The van der Waals surface area contributed by atoms with Crippen LogP contribution in [0.1, 0.15) is 6.42 Å². The van der Waals surface area contributed by atoms with Crippen molar-refractivity contribution in [3.63, 3.8) is 0 Å². The number of sulfone groups is 1. The molecule has 1 unspecified atom stereocenters. The number of rotatable bonds is 2. The molecule has 2 saturated heterocycles. The molecule has 0 saturated carbocycles. The third kappa shape index (κ3) is 2.03. The zero-order valence-corrected chi connectivity index (χ0v) is 9.80. The van der Waals surface area contributed by atoms with E-state index in [1.54, 1.807) is 0 Å². The Labute approximate surface area is 89.4 Å². The topological polar surface area (TPSA) is 97.5 Å². The van der Waals surface area contributed by atoms with Gasteiger partial charge in [0.2, 0.25) is 10.0 Å². The van der Waals surface area contributed by atoms with Crippen LogP contribution in [-0.4, -0.2) is 57.0 Å². The van der Waals surface area contributed by atoms with E-state index >= 15 is 0 Å². The molecular weight excluding hydrogens is 240 g/mol. The summed E-state index contributed by atoms with van der Waals surface area (Å²) in [5.41, 5.74) is 5.49. The van der Waals surface area contributed by atoms with Crippen LogP contribution in [0.5, 0.6) is 0 Å². The summed E-state index contributed by atoms with van der Waals surface area (Å²) in [6.07, 6.45) is 0.219. The van der Waals surface area contributed by atoms with Crippen LogP contribution < -0.4 is 5.73 Å². The average Bonchev–Trinajstić information content (AvgIpc) is 2.41. The van der Waals surface area contributed by atoms with Gasteiger partial charge in [0.1, 0.15) is 0 Å². The van der Waals surface area contributed by atoms with Crippen molar-refractivity contribution in [2.45, 2.75) is 17.7 Å². The molecule has 15 heavy (non-hydrogen) atoms. The highest BCUT2D eigenvalue weighted by Gasteiger charge is 2.43. The van der Waals surface area contributed by atoms with Crippen molar-refractivity contribution in [1.82, 2.24) is 4.31 Å². The minimum atomic E-state index is -3.43. The number of hydrogen-bond donors (Lipinski definition) is 1. The largest absolute Gasteiger partial charge is 0.325 e. The third-order valence-electron chi connectivity index (χ3n) is 2.85. The molecule has 0 aromatic heterocycles. The first-order valence-corrected chi connectivity index (χ1v) is 8.09. The molecule has 0 spiro atoms. The van der Waals surface area contributed by atoms with E-state index in [9.17, 15) is 16.8 Å². The second-order valence-corrected chi connectivity index (χ2v) is 8.59. The van der Waals surface area contributed by atoms with Gasteiger partial charge in [0, 0.05) is 19.1 Å². The van der Waals surface area contributed by atoms with Gasteiger partial charge < -0.3 is 5.73 Å². The summed E-state index contributed by atoms with van der Waals surface area (Å²) in [7, 11) is -6.58. The normalized spacial score (nSPS) is 32.7. The van der Waals surface area contributed by atoms with Crippen LogP contribution in [0.2, 0.25) is 0 Å². The first-order chi connectivity index (χ1) is 6.81. The van der Waals surface area contributed by atoms with Crippen molar-refractivity contribution in [3.8, 4) is 0 Å². The van der Waals surface area contributed by atoms with Crippen molar-refractivity contribution >= 4 is 19.9 Å². The molecule has 0 radical (unpaired) electrons. The Kier molecular flexibility index (Phi) is 2.57. The number of hydrogen-bond acceptors (Lipinski definition) is 5. The van der Waals surface area contributed by atoms with Gasteiger partial charge in [-0.2, -0.15) is 4.31 Å². The zero-order valence-electron chi connectivity index (χ0n) is 8.16. The second-order valence-electron chi connectivity index (χ2n) is 4.15. The summed E-state index contributed by atoms with van der Waals surface area (Å²) < 4.78 is 47.3. The molecule has 0 aromatic carbocycles. The van der Waals surface area contributed by atoms with Gasteiger partial charge in [-0.05, 0) is 6.42 Å². The van der Waals surface area contributed by atoms with E-state index in [1.165, 1.54) is 4.31 Å². The molecule has 1 atom stereocenters. The van der Waals surface area contributed by atoms with Crippen LogP contribution in [0, 0.1) is 0 Å². The van der Waals surface area contributed by atoms with Crippen molar-refractivity contribution in [1.29, 1.82) is 0 Å². The molecule has 2 heterocycles. The first-order valence-electron chi connectivity index (χ1n) is 4.76. The standard InChI is InChI=1S/C7H14N2O4S2/c8-6-3-9(4-6)15(12,13)7-1-2-14(10,11)5-7/h6-7H,1-5,8H2. The van der Waals surface area contributed by atoms with Crippen LogP contribution in [-0.2, 0) is 19.9 Å². The van der Waals surface area contributed by atoms with Crippen LogP contribution in [0.3, 0.4) is 0 Å². The van der Waals surface area contributed by atoms with Gasteiger partial charge in [-0.25, -0.2) is 16.8 Å². The summed E-state index contributed by atoms with van der Waals surface area (Å²) in [6, 6.07) is -0.0993. The quantitative estimate of drug-likeness (QED) is 0.623. The number of nitrogens with two attached hydrogens (primary N) is 1. The third-order valence-corrected chi connectivity index (χ3v) is 7.09. The maximum atomic E-state index is 11.9. The molecule has 2 N–H and O–H groups in total. The lowest BCUT2D eigenvalue weighted by atomic mass is 10.2. The Morgan fingerprint density at radius 3 is 2.27 bits per heavy atom. The Hall–Kier alpha value is -0.180. The van der Waals surface area contributed by atoms with Gasteiger partial charge in [0.05, 0.1) is 16.8 Å². The highest BCUT2D eigenvalue weighted by Crippen LogP contribution is 2.24. The SMILES string of the molecule is NC1CN(S(=O)(=O)C2CCS(=O)(=O)C2)C1. The van der Waals surface area contributed by atoms with Gasteiger partial charge in [0.25, 0.3) is 0 Å². The number of sulfonamides is 1.